The van der Waals surface area contributed by atoms with Gasteiger partial charge in [-0.05, 0) is 18.2 Å². The van der Waals surface area contributed by atoms with Gasteiger partial charge in [0.15, 0.2) is 0 Å². The van der Waals surface area contributed by atoms with E-state index in [1.807, 2.05) is 0 Å². The minimum atomic E-state index is -0.369. The second-order valence-electron chi connectivity index (χ2n) is 2.90. The van der Waals surface area contributed by atoms with E-state index < -0.39 is 0 Å². The lowest BCUT2D eigenvalue weighted by Gasteiger charge is -2.01. The summed E-state index contributed by atoms with van der Waals surface area (Å²) in [5.41, 5.74) is 0.630. The number of halogens is 1. The Kier molecular flexibility index (Phi) is 4.68. The molecule has 0 atom stereocenters. The quantitative estimate of drug-likeness (QED) is 0.586. The summed E-state index contributed by atoms with van der Waals surface area (Å²) in [5, 5.41) is 0.526. The van der Waals surface area contributed by atoms with Crippen LogP contribution in [-0.4, -0.2) is 20.2 Å². The molecule has 3 nitrogen and oxygen atoms in total. The number of hydrogen-bond donors (Lipinski definition) is 0. The van der Waals surface area contributed by atoms with Crippen LogP contribution in [-0.2, 0) is 9.53 Å². The van der Waals surface area contributed by atoms with Gasteiger partial charge in [0.1, 0.15) is 12.2 Å². The second kappa shape index (κ2) is 6.04. The first-order valence-electron chi connectivity index (χ1n) is 4.56. The third kappa shape index (κ3) is 3.48. The number of esters is 1. The van der Waals surface area contributed by atoms with Gasteiger partial charge in [-0.1, -0.05) is 23.4 Å². The molecule has 0 fully saturated rings. The molecule has 0 unspecified atom stereocenters. The van der Waals surface area contributed by atoms with Crippen molar-refractivity contribution in [3.63, 3.8) is 0 Å². The van der Waals surface area contributed by atoms with Crippen LogP contribution < -0.4 is 4.74 Å². The molecule has 0 heterocycles. The molecule has 0 spiro atoms. The molecule has 0 bridgehead atoms. The van der Waals surface area contributed by atoms with E-state index in [1.54, 1.807) is 25.3 Å². The Morgan fingerprint density at radius 2 is 2.19 bits per heavy atom. The zero-order valence-electron chi connectivity index (χ0n) is 9.04. The summed E-state index contributed by atoms with van der Waals surface area (Å²) in [6, 6.07) is 5.16. The third-order valence-electron chi connectivity index (χ3n) is 1.86. The highest BCUT2D eigenvalue weighted by molar-refractivity contribution is 6.31. The van der Waals surface area contributed by atoms with Crippen molar-refractivity contribution in [2.24, 2.45) is 0 Å². The molecule has 1 aromatic rings. The molecule has 0 aromatic heterocycles. The van der Waals surface area contributed by atoms with Crippen molar-refractivity contribution in [3.05, 3.63) is 28.8 Å². The Bertz CT molecular complexity index is 443. The highest BCUT2D eigenvalue weighted by Gasteiger charge is 1.99. The molecule has 1 rings (SSSR count). The molecule has 0 aliphatic carbocycles. The Morgan fingerprint density at radius 3 is 2.81 bits per heavy atom. The summed E-state index contributed by atoms with van der Waals surface area (Å²) in [6.45, 7) is 0. The number of methoxy groups -OCH3 is 2. The molecule has 4 heteroatoms. The maximum Gasteiger partial charge on any atom is 0.317 e. The van der Waals surface area contributed by atoms with Crippen LogP contribution in [0.5, 0.6) is 5.75 Å². The number of hydrogen-bond acceptors (Lipinski definition) is 3. The van der Waals surface area contributed by atoms with Crippen LogP contribution in [0.3, 0.4) is 0 Å². The highest BCUT2D eigenvalue weighted by atomic mass is 35.5. The van der Waals surface area contributed by atoms with Crippen LogP contribution in [0, 0.1) is 11.8 Å². The molecule has 0 amide bonds. The average Bonchev–Trinajstić information content (AvgIpc) is 2.31. The van der Waals surface area contributed by atoms with Crippen LogP contribution in [0.15, 0.2) is 18.2 Å². The van der Waals surface area contributed by atoms with Gasteiger partial charge < -0.3 is 9.47 Å². The molecule has 0 saturated heterocycles. The van der Waals surface area contributed by atoms with Crippen LogP contribution in [0.4, 0.5) is 0 Å². The topological polar surface area (TPSA) is 35.5 Å². The third-order valence-corrected chi connectivity index (χ3v) is 2.19. The van der Waals surface area contributed by atoms with E-state index in [4.69, 9.17) is 16.3 Å². The Labute approximate surface area is 99.3 Å². The molecule has 1 aromatic carbocycles. The molecule has 0 aliphatic rings. The number of rotatable bonds is 2. The summed E-state index contributed by atoms with van der Waals surface area (Å²) >= 11 is 5.93. The standard InChI is InChI=1S/C12H11ClO3/c1-15-10-6-7-11(13)9(8-10)4-3-5-12(14)16-2/h6-8H,5H2,1-2H3. The summed E-state index contributed by atoms with van der Waals surface area (Å²) in [7, 11) is 2.89. The molecule has 0 N–H and O–H groups in total. The van der Waals surface area contributed by atoms with Crippen molar-refractivity contribution in [2.45, 2.75) is 6.42 Å². The summed E-state index contributed by atoms with van der Waals surface area (Å²) < 4.78 is 9.50. The SMILES string of the molecule is COC(=O)CC#Cc1cc(OC)ccc1Cl. The lowest BCUT2D eigenvalue weighted by Crippen LogP contribution is -1.97. The monoisotopic (exact) mass is 238 g/mol. The molecular formula is C12H11ClO3. The Balaban J connectivity index is 2.83. The molecule has 16 heavy (non-hydrogen) atoms. The van der Waals surface area contributed by atoms with Crippen molar-refractivity contribution in [2.75, 3.05) is 14.2 Å². The number of ether oxygens (including phenoxy) is 2. The first-order valence-corrected chi connectivity index (χ1v) is 4.94. The predicted octanol–water partition coefficient (Wildman–Crippen LogP) is 2.26. The number of carbonyl (C=O) groups excluding carboxylic acids is 1. The maximum atomic E-state index is 10.8. The van der Waals surface area contributed by atoms with E-state index in [9.17, 15) is 4.79 Å². The molecule has 0 saturated carbocycles. The van der Waals surface area contributed by atoms with Gasteiger partial charge in [0.25, 0.3) is 0 Å². The van der Waals surface area contributed by atoms with Gasteiger partial charge in [-0.15, -0.1) is 0 Å². The fourth-order valence-electron chi connectivity index (χ4n) is 1.01. The molecule has 0 aliphatic heterocycles. The fraction of sp³-hybridized carbons (Fsp3) is 0.250. The first-order chi connectivity index (χ1) is 7.67. The summed E-state index contributed by atoms with van der Waals surface area (Å²) in [6.07, 6.45) is 0.0457. The van der Waals surface area contributed by atoms with Crippen LogP contribution in [0.25, 0.3) is 0 Å². The zero-order valence-corrected chi connectivity index (χ0v) is 9.80. The molecule has 84 valence electrons. The van der Waals surface area contributed by atoms with Gasteiger partial charge in [-0.25, -0.2) is 0 Å². The fourth-order valence-corrected chi connectivity index (χ4v) is 1.18. The van der Waals surface area contributed by atoms with Crippen molar-refractivity contribution in [1.29, 1.82) is 0 Å². The number of carbonyl (C=O) groups is 1. The van der Waals surface area contributed by atoms with E-state index in [1.165, 1.54) is 7.11 Å². The van der Waals surface area contributed by atoms with Crippen molar-refractivity contribution in [3.8, 4) is 17.6 Å². The lowest BCUT2D eigenvalue weighted by atomic mass is 10.2. The Hall–Kier alpha value is -1.66. The van der Waals surface area contributed by atoms with Crippen molar-refractivity contribution in [1.82, 2.24) is 0 Å². The summed E-state index contributed by atoms with van der Waals surface area (Å²) in [5.74, 6) is 5.77. The van der Waals surface area contributed by atoms with Crippen LogP contribution in [0.1, 0.15) is 12.0 Å². The van der Waals surface area contributed by atoms with E-state index in [2.05, 4.69) is 16.6 Å². The van der Waals surface area contributed by atoms with E-state index in [0.717, 1.165) is 0 Å². The predicted molar refractivity (Wildman–Crippen MR) is 61.5 cm³/mol. The smallest absolute Gasteiger partial charge is 0.317 e. The largest absolute Gasteiger partial charge is 0.497 e. The van der Waals surface area contributed by atoms with Gasteiger partial charge in [-0.3, -0.25) is 4.79 Å². The van der Waals surface area contributed by atoms with Gasteiger partial charge in [-0.2, -0.15) is 0 Å². The zero-order chi connectivity index (χ0) is 12.0. The Morgan fingerprint density at radius 1 is 1.44 bits per heavy atom. The van der Waals surface area contributed by atoms with Crippen LogP contribution in [0.2, 0.25) is 5.02 Å². The van der Waals surface area contributed by atoms with Gasteiger partial charge in [0.05, 0.1) is 19.2 Å². The molecule has 0 radical (unpaired) electrons. The average molecular weight is 239 g/mol. The highest BCUT2D eigenvalue weighted by Crippen LogP contribution is 2.20. The van der Waals surface area contributed by atoms with Crippen molar-refractivity contribution < 1.29 is 14.3 Å². The second-order valence-corrected chi connectivity index (χ2v) is 3.31. The number of benzene rings is 1. The van der Waals surface area contributed by atoms with E-state index in [-0.39, 0.29) is 12.4 Å². The lowest BCUT2D eigenvalue weighted by molar-refractivity contribution is -0.139. The van der Waals surface area contributed by atoms with Crippen molar-refractivity contribution >= 4 is 17.6 Å². The van der Waals surface area contributed by atoms with Crippen LogP contribution >= 0.6 is 11.6 Å². The minimum Gasteiger partial charge on any atom is -0.497 e. The summed E-state index contributed by atoms with van der Waals surface area (Å²) in [4.78, 5) is 10.8. The van der Waals surface area contributed by atoms with E-state index in [0.29, 0.717) is 16.3 Å². The minimum absolute atomic E-state index is 0.0457. The van der Waals surface area contributed by atoms with Gasteiger partial charge in [0.2, 0.25) is 0 Å². The van der Waals surface area contributed by atoms with Gasteiger partial charge in [0, 0.05) is 5.56 Å². The van der Waals surface area contributed by atoms with Gasteiger partial charge >= 0.3 is 5.97 Å². The molecular weight excluding hydrogens is 228 g/mol. The normalized spacial score (nSPS) is 8.94. The van der Waals surface area contributed by atoms with E-state index >= 15 is 0 Å². The maximum absolute atomic E-state index is 10.8. The first kappa shape index (κ1) is 12.4.